The summed E-state index contributed by atoms with van der Waals surface area (Å²) in [5, 5.41) is 22.3. The topological polar surface area (TPSA) is 90.0 Å². The van der Waals surface area contributed by atoms with Crippen molar-refractivity contribution in [3.63, 3.8) is 0 Å². The van der Waals surface area contributed by atoms with E-state index in [1.807, 2.05) is 4.68 Å². The van der Waals surface area contributed by atoms with Gasteiger partial charge in [0.1, 0.15) is 0 Å². The molecule has 1 saturated carbocycles. The number of hydrogen-bond donors (Lipinski definition) is 0. The molecule has 0 aromatic carbocycles. The molecule has 3 heterocycles. The third-order valence-electron chi connectivity index (χ3n) is 5.58. The minimum Gasteiger partial charge on any atom is -0.379 e. The SMILES string of the molecule is CCC(c1nnc(SCc2nnnn2C2CC2)n1CCN1CCOCC1)N(C)C. The number of morpholine rings is 1. The molecule has 10 nitrogen and oxygen atoms in total. The van der Waals surface area contributed by atoms with Crippen LogP contribution in [0.5, 0.6) is 0 Å². The highest BCUT2D eigenvalue weighted by Crippen LogP contribution is 2.35. The van der Waals surface area contributed by atoms with E-state index < -0.39 is 0 Å². The molecular weight excluding hydrogens is 390 g/mol. The second-order valence-corrected chi connectivity index (χ2v) is 8.84. The Morgan fingerprint density at radius 1 is 1.14 bits per heavy atom. The Kier molecular flexibility index (Phi) is 6.78. The lowest BCUT2D eigenvalue weighted by atomic mass is 10.2. The zero-order valence-corrected chi connectivity index (χ0v) is 18.4. The molecule has 1 aliphatic heterocycles. The van der Waals surface area contributed by atoms with Crippen LogP contribution in [0.3, 0.4) is 0 Å². The van der Waals surface area contributed by atoms with Crippen LogP contribution in [-0.2, 0) is 17.0 Å². The molecule has 2 aromatic heterocycles. The Hall–Kier alpha value is -1.56. The number of ether oxygens (including phenoxy) is 1. The van der Waals surface area contributed by atoms with E-state index in [0.29, 0.717) is 11.8 Å². The molecule has 11 heteroatoms. The van der Waals surface area contributed by atoms with Gasteiger partial charge in [-0.1, -0.05) is 18.7 Å². The molecule has 0 N–H and O–H groups in total. The van der Waals surface area contributed by atoms with Crippen molar-refractivity contribution in [3.05, 3.63) is 11.6 Å². The van der Waals surface area contributed by atoms with Crippen LogP contribution in [0.4, 0.5) is 0 Å². The summed E-state index contributed by atoms with van der Waals surface area (Å²) in [5.74, 6) is 2.66. The van der Waals surface area contributed by atoms with Gasteiger partial charge < -0.3 is 9.30 Å². The fourth-order valence-corrected chi connectivity index (χ4v) is 4.63. The van der Waals surface area contributed by atoms with E-state index in [0.717, 1.165) is 62.6 Å². The summed E-state index contributed by atoms with van der Waals surface area (Å²) in [4.78, 5) is 4.67. The summed E-state index contributed by atoms with van der Waals surface area (Å²) in [7, 11) is 4.21. The highest BCUT2D eigenvalue weighted by molar-refractivity contribution is 7.98. The predicted octanol–water partition coefficient (Wildman–Crippen LogP) is 1.24. The van der Waals surface area contributed by atoms with Crippen molar-refractivity contribution in [2.75, 3.05) is 46.9 Å². The van der Waals surface area contributed by atoms with Gasteiger partial charge >= 0.3 is 0 Å². The number of tetrazole rings is 1. The van der Waals surface area contributed by atoms with E-state index >= 15 is 0 Å². The Labute approximate surface area is 176 Å². The molecule has 160 valence electrons. The van der Waals surface area contributed by atoms with E-state index in [-0.39, 0.29) is 6.04 Å². The van der Waals surface area contributed by atoms with Gasteiger partial charge in [0.25, 0.3) is 0 Å². The van der Waals surface area contributed by atoms with Crippen LogP contribution in [0.1, 0.15) is 49.9 Å². The first-order chi connectivity index (χ1) is 14.2. The number of thioether (sulfide) groups is 1. The van der Waals surface area contributed by atoms with Crippen LogP contribution >= 0.6 is 11.8 Å². The van der Waals surface area contributed by atoms with Crippen molar-refractivity contribution >= 4 is 11.8 Å². The smallest absolute Gasteiger partial charge is 0.191 e. The number of nitrogens with zero attached hydrogens (tertiary/aromatic N) is 9. The molecule has 2 aliphatic rings. The fourth-order valence-electron chi connectivity index (χ4n) is 3.75. The Bertz CT molecular complexity index is 782. The second-order valence-electron chi connectivity index (χ2n) is 7.89. The molecule has 0 amide bonds. The summed E-state index contributed by atoms with van der Waals surface area (Å²) < 4.78 is 9.74. The van der Waals surface area contributed by atoms with Crippen molar-refractivity contribution in [1.29, 1.82) is 0 Å². The van der Waals surface area contributed by atoms with Gasteiger partial charge in [-0.3, -0.25) is 9.80 Å². The van der Waals surface area contributed by atoms with E-state index in [1.54, 1.807) is 11.8 Å². The number of aromatic nitrogens is 7. The molecule has 1 aliphatic carbocycles. The van der Waals surface area contributed by atoms with Gasteiger partial charge in [0, 0.05) is 26.2 Å². The predicted molar refractivity (Wildman–Crippen MR) is 110 cm³/mol. The van der Waals surface area contributed by atoms with E-state index in [4.69, 9.17) is 4.74 Å². The Morgan fingerprint density at radius 3 is 2.62 bits per heavy atom. The van der Waals surface area contributed by atoms with Crippen molar-refractivity contribution in [2.45, 2.75) is 55.7 Å². The van der Waals surface area contributed by atoms with Gasteiger partial charge in [-0.2, -0.15) is 0 Å². The molecule has 0 radical (unpaired) electrons. The molecule has 1 unspecified atom stereocenters. The minimum absolute atomic E-state index is 0.248. The third-order valence-corrected chi connectivity index (χ3v) is 6.54. The molecule has 2 fully saturated rings. The lowest BCUT2D eigenvalue weighted by Crippen LogP contribution is -2.38. The maximum atomic E-state index is 5.48. The van der Waals surface area contributed by atoms with Crippen molar-refractivity contribution in [2.24, 2.45) is 0 Å². The Balaban J connectivity index is 1.49. The largest absolute Gasteiger partial charge is 0.379 e. The first-order valence-electron chi connectivity index (χ1n) is 10.5. The summed E-state index contributed by atoms with van der Waals surface area (Å²) in [5.41, 5.74) is 0. The van der Waals surface area contributed by atoms with Gasteiger partial charge in [0.15, 0.2) is 16.8 Å². The molecule has 1 atom stereocenters. The van der Waals surface area contributed by atoms with Gasteiger partial charge in [-0.25, -0.2) is 4.68 Å². The minimum atomic E-state index is 0.248. The maximum absolute atomic E-state index is 5.48. The highest BCUT2D eigenvalue weighted by atomic mass is 32.2. The van der Waals surface area contributed by atoms with E-state index in [9.17, 15) is 0 Å². The quantitative estimate of drug-likeness (QED) is 0.526. The van der Waals surface area contributed by atoms with Crippen molar-refractivity contribution in [1.82, 2.24) is 44.8 Å². The molecule has 2 aromatic rings. The Morgan fingerprint density at radius 2 is 1.93 bits per heavy atom. The zero-order chi connectivity index (χ0) is 20.2. The monoisotopic (exact) mass is 421 g/mol. The van der Waals surface area contributed by atoms with Crippen molar-refractivity contribution in [3.8, 4) is 0 Å². The van der Waals surface area contributed by atoms with E-state index in [1.165, 1.54) is 12.8 Å². The van der Waals surface area contributed by atoms with E-state index in [2.05, 4.69) is 61.1 Å². The lowest BCUT2D eigenvalue weighted by molar-refractivity contribution is 0.0358. The van der Waals surface area contributed by atoms with Gasteiger partial charge in [-0.05, 0) is 43.8 Å². The molecule has 1 saturated heterocycles. The average molecular weight is 422 g/mol. The number of hydrogen-bond acceptors (Lipinski definition) is 9. The summed E-state index contributed by atoms with van der Waals surface area (Å²) in [6.45, 7) is 7.66. The summed E-state index contributed by atoms with van der Waals surface area (Å²) in [6, 6.07) is 0.729. The number of rotatable bonds is 10. The van der Waals surface area contributed by atoms with Crippen LogP contribution < -0.4 is 0 Å². The van der Waals surface area contributed by atoms with Crippen LogP contribution in [-0.4, -0.2) is 91.7 Å². The van der Waals surface area contributed by atoms with Crippen LogP contribution in [0.25, 0.3) is 0 Å². The molecule has 0 bridgehead atoms. The van der Waals surface area contributed by atoms with Gasteiger partial charge in [0.05, 0.1) is 31.1 Å². The highest BCUT2D eigenvalue weighted by Gasteiger charge is 2.28. The third kappa shape index (κ3) is 4.96. The fraction of sp³-hybridized carbons (Fsp3) is 0.833. The van der Waals surface area contributed by atoms with Crippen LogP contribution in [0.15, 0.2) is 5.16 Å². The normalized spacial score (nSPS) is 19.2. The maximum Gasteiger partial charge on any atom is 0.191 e. The van der Waals surface area contributed by atoms with Crippen LogP contribution in [0.2, 0.25) is 0 Å². The molecule has 0 spiro atoms. The lowest BCUT2D eigenvalue weighted by Gasteiger charge is -2.28. The van der Waals surface area contributed by atoms with Gasteiger partial charge in [-0.15, -0.1) is 15.3 Å². The summed E-state index contributed by atoms with van der Waals surface area (Å²) >= 11 is 1.68. The molecule has 4 rings (SSSR count). The molecule has 29 heavy (non-hydrogen) atoms. The molecular formula is C18H31N9OS. The first-order valence-corrected chi connectivity index (χ1v) is 11.4. The zero-order valence-electron chi connectivity index (χ0n) is 17.6. The standard InChI is InChI=1S/C18H31N9OS/c1-4-15(24(2)3)17-20-21-18(26(17)8-7-25-9-11-28-12-10-25)29-13-16-19-22-23-27(16)14-5-6-14/h14-15H,4-13H2,1-3H3. The summed E-state index contributed by atoms with van der Waals surface area (Å²) in [6.07, 6.45) is 3.33. The van der Waals surface area contributed by atoms with Crippen LogP contribution in [0, 0.1) is 0 Å². The van der Waals surface area contributed by atoms with Crippen molar-refractivity contribution < 1.29 is 4.74 Å². The van der Waals surface area contributed by atoms with Gasteiger partial charge in [0.2, 0.25) is 0 Å². The second kappa shape index (κ2) is 9.50. The first kappa shape index (κ1) is 20.7. The average Bonchev–Trinajstić information content (AvgIpc) is 3.33.